The maximum absolute atomic E-state index is 13.4. The summed E-state index contributed by atoms with van der Waals surface area (Å²) in [6, 6.07) is 13.7. The van der Waals surface area contributed by atoms with Gasteiger partial charge < -0.3 is 10.5 Å². The number of hydrogen-bond donors (Lipinski definition) is 1. The lowest BCUT2D eigenvalue weighted by molar-refractivity contribution is 0.0984. The first kappa shape index (κ1) is 23.8. The molecule has 2 N–H and O–H groups in total. The zero-order valence-electron chi connectivity index (χ0n) is 18.4. The second kappa shape index (κ2) is 10.3. The SMILES string of the molecule is C=CCn1cc(-c2ccc(F)cc2)c(=O)c(C(=O)Cc2ccc(Oc3cccc(N)c3Cl)nc2)n1. The first-order valence-electron chi connectivity index (χ1n) is 10.5. The van der Waals surface area contributed by atoms with E-state index in [0.717, 1.165) is 0 Å². The number of ketones is 1. The number of carbonyl (C=O) groups is 1. The molecule has 9 heteroatoms. The Morgan fingerprint density at radius 2 is 1.94 bits per heavy atom. The third kappa shape index (κ3) is 5.44. The maximum atomic E-state index is 13.4. The standard InChI is InChI=1S/C26H20ClFN4O3/c1-2-12-32-15-19(17-7-9-18(28)10-8-17)26(34)25(31-32)21(33)13-16-6-11-23(30-14-16)35-22-5-3-4-20(29)24(22)27/h2-11,14-15H,1,12-13,29H2. The van der Waals surface area contributed by atoms with Gasteiger partial charge in [-0.3, -0.25) is 14.3 Å². The Morgan fingerprint density at radius 3 is 2.63 bits per heavy atom. The fourth-order valence-corrected chi connectivity index (χ4v) is 3.51. The number of ether oxygens (including phenoxy) is 1. The molecule has 0 unspecified atom stereocenters. The molecule has 0 saturated heterocycles. The number of Topliss-reactive ketones (excluding diaryl/α,β-unsaturated/α-hetero) is 1. The number of rotatable bonds is 8. The first-order valence-corrected chi connectivity index (χ1v) is 10.9. The van der Waals surface area contributed by atoms with Gasteiger partial charge in [0.1, 0.15) is 16.6 Å². The average molecular weight is 491 g/mol. The van der Waals surface area contributed by atoms with E-state index in [1.807, 2.05) is 0 Å². The molecule has 0 spiro atoms. The molecule has 4 aromatic rings. The molecule has 2 heterocycles. The normalized spacial score (nSPS) is 10.7. The van der Waals surface area contributed by atoms with E-state index >= 15 is 0 Å². The monoisotopic (exact) mass is 490 g/mol. The molecule has 0 aliphatic carbocycles. The Labute approximate surface area is 205 Å². The average Bonchev–Trinajstić information content (AvgIpc) is 2.85. The smallest absolute Gasteiger partial charge is 0.219 e. The Bertz CT molecular complexity index is 1450. The number of carbonyl (C=O) groups excluding carboxylic acids is 1. The van der Waals surface area contributed by atoms with Crippen molar-refractivity contribution in [2.75, 3.05) is 5.73 Å². The van der Waals surface area contributed by atoms with Crippen molar-refractivity contribution in [3.63, 3.8) is 0 Å². The number of allylic oxidation sites excluding steroid dienone is 1. The maximum Gasteiger partial charge on any atom is 0.219 e. The summed E-state index contributed by atoms with van der Waals surface area (Å²) in [4.78, 5) is 30.3. The number of hydrogen-bond acceptors (Lipinski definition) is 6. The van der Waals surface area contributed by atoms with E-state index in [2.05, 4.69) is 16.7 Å². The van der Waals surface area contributed by atoms with Crippen molar-refractivity contribution in [3.05, 3.63) is 112 Å². The molecule has 0 aliphatic heterocycles. The van der Waals surface area contributed by atoms with Crippen molar-refractivity contribution in [2.24, 2.45) is 0 Å². The third-order valence-electron chi connectivity index (χ3n) is 5.07. The number of anilines is 1. The van der Waals surface area contributed by atoms with Gasteiger partial charge in [-0.15, -0.1) is 6.58 Å². The van der Waals surface area contributed by atoms with Crippen LogP contribution < -0.4 is 15.9 Å². The van der Waals surface area contributed by atoms with Gasteiger partial charge in [-0.25, -0.2) is 9.37 Å². The molecule has 0 fully saturated rings. The molecule has 35 heavy (non-hydrogen) atoms. The highest BCUT2D eigenvalue weighted by molar-refractivity contribution is 6.34. The molecular formula is C26H20ClFN4O3. The minimum atomic E-state index is -0.536. The molecule has 0 aliphatic rings. The van der Waals surface area contributed by atoms with Crippen LogP contribution in [0.1, 0.15) is 16.1 Å². The number of pyridine rings is 1. The fraction of sp³-hybridized carbons (Fsp3) is 0.0769. The van der Waals surface area contributed by atoms with Crippen molar-refractivity contribution >= 4 is 23.1 Å². The Morgan fingerprint density at radius 1 is 1.17 bits per heavy atom. The number of nitrogen functional groups attached to an aromatic ring is 1. The zero-order valence-corrected chi connectivity index (χ0v) is 19.2. The highest BCUT2D eigenvalue weighted by Crippen LogP contribution is 2.32. The molecular weight excluding hydrogens is 471 g/mol. The van der Waals surface area contributed by atoms with Crippen LogP contribution in [0.15, 0.2) is 84.4 Å². The van der Waals surface area contributed by atoms with Crippen LogP contribution in [0.5, 0.6) is 11.6 Å². The van der Waals surface area contributed by atoms with Crippen LogP contribution in [0.4, 0.5) is 10.1 Å². The summed E-state index contributed by atoms with van der Waals surface area (Å²) < 4.78 is 20.5. The summed E-state index contributed by atoms with van der Waals surface area (Å²) in [7, 11) is 0. The third-order valence-corrected chi connectivity index (χ3v) is 5.48. The van der Waals surface area contributed by atoms with E-state index in [-0.39, 0.29) is 35.1 Å². The highest BCUT2D eigenvalue weighted by Gasteiger charge is 2.19. The predicted octanol–water partition coefficient (Wildman–Crippen LogP) is 5.08. The molecule has 0 amide bonds. The quantitative estimate of drug-likeness (QED) is 0.210. The van der Waals surface area contributed by atoms with Crippen molar-refractivity contribution in [2.45, 2.75) is 13.0 Å². The zero-order chi connectivity index (χ0) is 24.9. The summed E-state index contributed by atoms with van der Waals surface area (Å²) in [5, 5.41) is 4.47. The van der Waals surface area contributed by atoms with Gasteiger partial charge in [0, 0.05) is 30.4 Å². The van der Waals surface area contributed by atoms with Gasteiger partial charge >= 0.3 is 0 Å². The number of nitrogens with two attached hydrogens (primary N) is 1. The van der Waals surface area contributed by atoms with Crippen LogP contribution in [-0.2, 0) is 13.0 Å². The van der Waals surface area contributed by atoms with Gasteiger partial charge in [0.2, 0.25) is 11.3 Å². The lowest BCUT2D eigenvalue weighted by Crippen LogP contribution is -2.24. The van der Waals surface area contributed by atoms with Crippen LogP contribution >= 0.6 is 11.6 Å². The molecule has 7 nitrogen and oxygen atoms in total. The fourth-order valence-electron chi connectivity index (χ4n) is 3.35. The van der Waals surface area contributed by atoms with Gasteiger partial charge in [-0.1, -0.05) is 41.9 Å². The van der Waals surface area contributed by atoms with E-state index in [0.29, 0.717) is 22.6 Å². The van der Waals surface area contributed by atoms with E-state index < -0.39 is 17.0 Å². The van der Waals surface area contributed by atoms with Crippen molar-refractivity contribution in [1.82, 2.24) is 14.8 Å². The van der Waals surface area contributed by atoms with E-state index in [4.69, 9.17) is 22.1 Å². The second-order valence-electron chi connectivity index (χ2n) is 7.60. The van der Waals surface area contributed by atoms with Gasteiger partial charge in [-0.05, 0) is 35.4 Å². The molecule has 2 aromatic heterocycles. The topological polar surface area (TPSA) is 100 Å². The Hall–Kier alpha value is -4.30. The summed E-state index contributed by atoms with van der Waals surface area (Å²) in [6.07, 6.45) is 4.48. The highest BCUT2D eigenvalue weighted by atomic mass is 35.5. The molecule has 2 aromatic carbocycles. The van der Waals surface area contributed by atoms with Gasteiger partial charge in [0.25, 0.3) is 0 Å². The molecule has 176 valence electrons. The summed E-state index contributed by atoms with van der Waals surface area (Å²) in [5.41, 5.74) is 6.68. The number of halogens is 2. The number of nitrogens with zero attached hydrogens (tertiary/aromatic N) is 3. The number of benzene rings is 2. The minimum Gasteiger partial charge on any atom is -0.437 e. The van der Waals surface area contributed by atoms with Gasteiger partial charge in [0.15, 0.2) is 11.5 Å². The molecule has 0 atom stereocenters. The lowest BCUT2D eigenvalue weighted by atomic mass is 10.0. The number of aromatic nitrogens is 3. The molecule has 0 saturated carbocycles. The van der Waals surface area contributed by atoms with E-state index in [1.54, 1.807) is 36.4 Å². The van der Waals surface area contributed by atoms with Crippen LogP contribution in [0.25, 0.3) is 11.1 Å². The van der Waals surface area contributed by atoms with Crippen LogP contribution in [0.3, 0.4) is 0 Å². The summed E-state index contributed by atoms with van der Waals surface area (Å²) >= 11 is 6.14. The van der Waals surface area contributed by atoms with Crippen LogP contribution in [0.2, 0.25) is 5.02 Å². The predicted molar refractivity (Wildman–Crippen MR) is 132 cm³/mol. The summed E-state index contributed by atoms with van der Waals surface area (Å²) in [6.45, 7) is 3.96. The first-order chi connectivity index (χ1) is 16.9. The Kier molecular flexibility index (Phi) is 7.03. The second-order valence-corrected chi connectivity index (χ2v) is 7.98. The molecule has 4 rings (SSSR count). The van der Waals surface area contributed by atoms with Crippen molar-refractivity contribution < 1.29 is 13.9 Å². The van der Waals surface area contributed by atoms with Gasteiger partial charge in [0.05, 0.1) is 12.2 Å². The molecule has 0 radical (unpaired) electrons. The van der Waals surface area contributed by atoms with Crippen LogP contribution in [0, 0.1) is 5.82 Å². The minimum absolute atomic E-state index is 0.102. The van der Waals surface area contributed by atoms with Crippen LogP contribution in [-0.4, -0.2) is 20.5 Å². The lowest BCUT2D eigenvalue weighted by Gasteiger charge is -2.10. The van der Waals surface area contributed by atoms with Crippen molar-refractivity contribution in [3.8, 4) is 22.8 Å². The van der Waals surface area contributed by atoms with E-state index in [9.17, 15) is 14.0 Å². The molecule has 0 bridgehead atoms. The van der Waals surface area contributed by atoms with Crippen molar-refractivity contribution in [1.29, 1.82) is 0 Å². The largest absolute Gasteiger partial charge is 0.437 e. The van der Waals surface area contributed by atoms with E-state index in [1.165, 1.54) is 41.3 Å². The van der Waals surface area contributed by atoms with Gasteiger partial charge in [-0.2, -0.15) is 5.10 Å². The summed E-state index contributed by atoms with van der Waals surface area (Å²) in [5.74, 6) is -0.291. The Balaban J connectivity index is 1.58.